The number of likely N-dealkylation sites (N-methyl/N-ethyl adjacent to an activating group) is 2. The van der Waals surface area contributed by atoms with Gasteiger partial charge in [0.2, 0.25) is 0 Å². The number of hydrogen-bond donors (Lipinski definition) is 1. The molecule has 0 aliphatic rings. The molecule has 0 aliphatic heterocycles. The third-order valence-corrected chi connectivity index (χ3v) is 3.26. The van der Waals surface area contributed by atoms with E-state index in [2.05, 4.69) is 37.7 Å². The number of hydrogen-bond acceptors (Lipinski definition) is 3. The van der Waals surface area contributed by atoms with Gasteiger partial charge in [-0.3, -0.25) is 0 Å². The van der Waals surface area contributed by atoms with E-state index in [0.29, 0.717) is 11.1 Å². The summed E-state index contributed by atoms with van der Waals surface area (Å²) in [5.41, 5.74) is 1.95. The van der Waals surface area contributed by atoms with Crippen LogP contribution in [0.5, 0.6) is 0 Å². The van der Waals surface area contributed by atoms with Crippen LogP contribution in [-0.2, 0) is 6.61 Å². The second kappa shape index (κ2) is 6.98. The quantitative estimate of drug-likeness (QED) is 0.861. The van der Waals surface area contributed by atoms with Gasteiger partial charge in [0.05, 0.1) is 6.61 Å². The van der Waals surface area contributed by atoms with Crippen molar-refractivity contribution in [1.82, 2.24) is 4.90 Å². The summed E-state index contributed by atoms with van der Waals surface area (Å²) < 4.78 is 0. The molecule has 0 saturated heterocycles. The molecular formula is C14H23ClN2O. The summed E-state index contributed by atoms with van der Waals surface area (Å²) in [6.07, 6.45) is 0. The number of anilines is 1. The molecule has 1 rings (SSSR count). The van der Waals surface area contributed by atoms with Gasteiger partial charge in [-0.25, -0.2) is 0 Å². The third-order valence-electron chi connectivity index (χ3n) is 3.03. The minimum atomic E-state index is 0.0394. The van der Waals surface area contributed by atoms with E-state index in [1.807, 2.05) is 18.2 Å². The fourth-order valence-corrected chi connectivity index (χ4v) is 2.45. The van der Waals surface area contributed by atoms with Gasteiger partial charge in [0.25, 0.3) is 0 Å². The van der Waals surface area contributed by atoms with Crippen LogP contribution in [0.25, 0.3) is 0 Å². The lowest BCUT2D eigenvalue weighted by molar-refractivity contribution is 0.281. The smallest absolute Gasteiger partial charge is 0.0702 e. The summed E-state index contributed by atoms with van der Waals surface area (Å²) in [6.45, 7) is 6.20. The minimum absolute atomic E-state index is 0.0394. The molecule has 0 heterocycles. The predicted molar refractivity (Wildman–Crippen MR) is 78.4 cm³/mol. The molecule has 0 radical (unpaired) electrons. The van der Waals surface area contributed by atoms with Gasteiger partial charge in [-0.2, -0.15) is 0 Å². The molecule has 0 bridgehead atoms. The number of aliphatic hydroxyl groups excluding tert-OH is 1. The monoisotopic (exact) mass is 270 g/mol. The Morgan fingerprint density at radius 1 is 1.33 bits per heavy atom. The van der Waals surface area contributed by atoms with Crippen LogP contribution >= 0.6 is 11.6 Å². The molecule has 1 aromatic carbocycles. The second-order valence-corrected chi connectivity index (χ2v) is 5.26. The average molecular weight is 271 g/mol. The van der Waals surface area contributed by atoms with Crippen LogP contribution in [0.1, 0.15) is 19.4 Å². The standard InChI is InChI=1S/C14H23ClN2O/c1-5-17(11(2)9-16(3)4)14-8-13(15)7-6-12(14)10-18/h6-8,11,18H,5,9-10H2,1-4H3. The van der Waals surface area contributed by atoms with E-state index in [-0.39, 0.29) is 6.61 Å². The summed E-state index contributed by atoms with van der Waals surface area (Å²) in [5.74, 6) is 0. The molecule has 0 aliphatic carbocycles. The Balaban J connectivity index is 3.03. The number of nitrogens with zero attached hydrogens (tertiary/aromatic N) is 2. The van der Waals surface area contributed by atoms with Crippen LogP contribution in [0.15, 0.2) is 18.2 Å². The molecule has 3 nitrogen and oxygen atoms in total. The van der Waals surface area contributed by atoms with Crippen LogP contribution in [0.4, 0.5) is 5.69 Å². The molecule has 1 aromatic rings. The Morgan fingerprint density at radius 2 is 2.00 bits per heavy atom. The maximum absolute atomic E-state index is 9.44. The van der Waals surface area contributed by atoms with E-state index in [1.54, 1.807) is 0 Å². The first-order chi connectivity index (χ1) is 8.49. The van der Waals surface area contributed by atoms with Crippen LogP contribution < -0.4 is 4.90 Å². The van der Waals surface area contributed by atoms with Gasteiger partial charge < -0.3 is 14.9 Å². The molecule has 0 saturated carbocycles. The summed E-state index contributed by atoms with van der Waals surface area (Å²) in [7, 11) is 4.13. The van der Waals surface area contributed by atoms with Crippen molar-refractivity contribution in [2.45, 2.75) is 26.5 Å². The normalized spacial score (nSPS) is 12.8. The van der Waals surface area contributed by atoms with Crippen molar-refractivity contribution in [3.8, 4) is 0 Å². The predicted octanol–water partition coefficient (Wildman–Crippen LogP) is 2.61. The third kappa shape index (κ3) is 3.87. The first-order valence-electron chi connectivity index (χ1n) is 6.30. The molecule has 1 unspecified atom stereocenters. The zero-order valence-electron chi connectivity index (χ0n) is 11.7. The van der Waals surface area contributed by atoms with Crippen molar-refractivity contribution in [2.75, 3.05) is 32.1 Å². The molecule has 0 aromatic heterocycles. The van der Waals surface area contributed by atoms with E-state index in [4.69, 9.17) is 11.6 Å². The zero-order chi connectivity index (χ0) is 13.7. The van der Waals surface area contributed by atoms with E-state index in [1.165, 1.54) is 0 Å². The van der Waals surface area contributed by atoms with E-state index in [9.17, 15) is 5.11 Å². The molecule has 1 N–H and O–H groups in total. The van der Waals surface area contributed by atoms with Gasteiger partial charge >= 0.3 is 0 Å². The van der Waals surface area contributed by atoms with Gasteiger partial charge in [0.1, 0.15) is 0 Å². The topological polar surface area (TPSA) is 26.7 Å². The van der Waals surface area contributed by atoms with Crippen LogP contribution in [0.3, 0.4) is 0 Å². The van der Waals surface area contributed by atoms with E-state index < -0.39 is 0 Å². The Hall–Kier alpha value is -0.770. The maximum Gasteiger partial charge on any atom is 0.0702 e. The fourth-order valence-electron chi connectivity index (χ4n) is 2.28. The maximum atomic E-state index is 9.44. The van der Waals surface area contributed by atoms with Gasteiger partial charge in [-0.1, -0.05) is 17.7 Å². The van der Waals surface area contributed by atoms with Crippen LogP contribution in [-0.4, -0.2) is 43.2 Å². The van der Waals surface area contributed by atoms with Gasteiger partial charge in [0, 0.05) is 35.4 Å². The van der Waals surface area contributed by atoms with Crippen molar-refractivity contribution in [1.29, 1.82) is 0 Å². The lowest BCUT2D eigenvalue weighted by Gasteiger charge is -2.33. The molecule has 0 fully saturated rings. The molecular weight excluding hydrogens is 248 g/mol. The first kappa shape index (κ1) is 15.3. The number of halogens is 1. The molecule has 4 heteroatoms. The van der Waals surface area contributed by atoms with Crippen LogP contribution in [0.2, 0.25) is 5.02 Å². The molecule has 0 amide bonds. The highest BCUT2D eigenvalue weighted by Gasteiger charge is 2.16. The summed E-state index contributed by atoms with van der Waals surface area (Å²) in [5, 5.41) is 10.1. The average Bonchev–Trinajstić information content (AvgIpc) is 2.29. The highest BCUT2D eigenvalue weighted by atomic mass is 35.5. The Bertz CT molecular complexity index is 382. The van der Waals surface area contributed by atoms with Crippen molar-refractivity contribution < 1.29 is 5.11 Å². The Morgan fingerprint density at radius 3 is 2.50 bits per heavy atom. The van der Waals surface area contributed by atoms with E-state index >= 15 is 0 Å². The number of rotatable bonds is 6. The summed E-state index contributed by atoms with van der Waals surface area (Å²) in [4.78, 5) is 4.44. The molecule has 18 heavy (non-hydrogen) atoms. The second-order valence-electron chi connectivity index (χ2n) is 4.83. The number of aliphatic hydroxyl groups is 1. The Labute approximate surface area is 115 Å². The highest BCUT2D eigenvalue weighted by molar-refractivity contribution is 6.30. The Kier molecular flexibility index (Phi) is 5.93. The van der Waals surface area contributed by atoms with E-state index in [0.717, 1.165) is 24.3 Å². The lowest BCUT2D eigenvalue weighted by Crippen LogP contribution is -2.40. The van der Waals surface area contributed by atoms with Crippen molar-refractivity contribution in [3.05, 3.63) is 28.8 Å². The summed E-state index contributed by atoms with van der Waals surface area (Å²) >= 11 is 6.07. The first-order valence-corrected chi connectivity index (χ1v) is 6.68. The SMILES string of the molecule is CCN(c1cc(Cl)ccc1CO)C(C)CN(C)C. The molecule has 1 atom stereocenters. The lowest BCUT2D eigenvalue weighted by atomic mass is 10.1. The van der Waals surface area contributed by atoms with Gasteiger partial charge in [-0.15, -0.1) is 0 Å². The van der Waals surface area contributed by atoms with Crippen molar-refractivity contribution >= 4 is 17.3 Å². The van der Waals surface area contributed by atoms with Gasteiger partial charge in [0.15, 0.2) is 0 Å². The van der Waals surface area contributed by atoms with Gasteiger partial charge in [-0.05, 0) is 40.1 Å². The highest BCUT2D eigenvalue weighted by Crippen LogP contribution is 2.26. The summed E-state index contributed by atoms with van der Waals surface area (Å²) in [6, 6.07) is 6.01. The zero-order valence-corrected chi connectivity index (χ0v) is 12.4. The van der Waals surface area contributed by atoms with Crippen molar-refractivity contribution in [2.24, 2.45) is 0 Å². The fraction of sp³-hybridized carbons (Fsp3) is 0.571. The van der Waals surface area contributed by atoms with Crippen molar-refractivity contribution in [3.63, 3.8) is 0 Å². The van der Waals surface area contributed by atoms with Crippen LogP contribution in [0, 0.1) is 0 Å². The molecule has 102 valence electrons. The number of benzene rings is 1. The minimum Gasteiger partial charge on any atom is -0.392 e. The molecule has 0 spiro atoms. The largest absolute Gasteiger partial charge is 0.392 e.